The van der Waals surface area contributed by atoms with E-state index >= 15 is 0 Å². The Labute approximate surface area is 173 Å². The fraction of sp³-hybridized carbons (Fsp3) is 0.273. The monoisotopic (exact) mass is 407 g/mol. The van der Waals surface area contributed by atoms with Crippen molar-refractivity contribution in [2.45, 2.75) is 25.9 Å². The summed E-state index contributed by atoms with van der Waals surface area (Å²) in [6, 6.07) is 14.0. The van der Waals surface area contributed by atoms with Crippen LogP contribution in [0.2, 0.25) is 0 Å². The van der Waals surface area contributed by atoms with Crippen LogP contribution in [-0.4, -0.2) is 35.7 Å². The summed E-state index contributed by atoms with van der Waals surface area (Å²) >= 11 is 0. The second-order valence-electron chi connectivity index (χ2n) is 6.92. The zero-order chi connectivity index (χ0) is 21.1. The Hall–Kier alpha value is -3.68. The molecule has 1 aliphatic heterocycles. The van der Waals surface area contributed by atoms with E-state index in [9.17, 15) is 9.59 Å². The molecule has 0 unspecified atom stereocenters. The van der Waals surface area contributed by atoms with E-state index in [-0.39, 0.29) is 11.8 Å². The van der Waals surface area contributed by atoms with Gasteiger partial charge in [0.1, 0.15) is 5.75 Å². The molecule has 1 aliphatic rings. The quantitative estimate of drug-likeness (QED) is 0.574. The van der Waals surface area contributed by atoms with E-state index in [1.165, 1.54) is 0 Å². The molecule has 154 valence electrons. The third-order valence-corrected chi connectivity index (χ3v) is 4.88. The summed E-state index contributed by atoms with van der Waals surface area (Å²) in [5.41, 5.74) is 1.78. The van der Waals surface area contributed by atoms with E-state index in [1.54, 1.807) is 61.4 Å². The van der Waals surface area contributed by atoms with E-state index in [4.69, 9.17) is 13.9 Å². The molecular formula is C22H21N3O5. The van der Waals surface area contributed by atoms with Crippen molar-refractivity contribution in [3.8, 4) is 17.2 Å². The van der Waals surface area contributed by atoms with E-state index in [1.807, 2.05) is 6.07 Å². The maximum atomic E-state index is 12.6. The lowest BCUT2D eigenvalue weighted by Crippen LogP contribution is -2.24. The predicted molar refractivity (Wildman–Crippen MR) is 108 cm³/mol. The smallest absolute Gasteiger partial charge is 0.338 e. The summed E-state index contributed by atoms with van der Waals surface area (Å²) in [6.45, 7) is 2.32. The average molecular weight is 407 g/mol. The van der Waals surface area contributed by atoms with Crippen LogP contribution in [-0.2, 0) is 9.53 Å². The van der Waals surface area contributed by atoms with Crippen molar-refractivity contribution < 1.29 is 23.5 Å². The highest BCUT2D eigenvalue weighted by Crippen LogP contribution is 2.26. The number of hydrogen-bond donors (Lipinski definition) is 0. The van der Waals surface area contributed by atoms with Crippen molar-refractivity contribution in [2.24, 2.45) is 0 Å². The third-order valence-electron chi connectivity index (χ3n) is 4.88. The number of amides is 1. The molecule has 30 heavy (non-hydrogen) atoms. The number of nitrogens with zero attached hydrogens (tertiary/aromatic N) is 3. The van der Waals surface area contributed by atoms with Gasteiger partial charge in [-0.3, -0.25) is 4.79 Å². The fourth-order valence-electron chi connectivity index (χ4n) is 3.25. The zero-order valence-electron chi connectivity index (χ0n) is 16.7. The maximum absolute atomic E-state index is 12.6. The van der Waals surface area contributed by atoms with Gasteiger partial charge in [-0.05, 0) is 55.8 Å². The highest BCUT2D eigenvalue weighted by Gasteiger charge is 2.24. The molecule has 1 atom stereocenters. The van der Waals surface area contributed by atoms with Gasteiger partial charge in [-0.25, -0.2) is 4.79 Å². The summed E-state index contributed by atoms with van der Waals surface area (Å²) in [7, 11) is 1.59. The van der Waals surface area contributed by atoms with Gasteiger partial charge in [0, 0.05) is 24.2 Å². The molecule has 1 amide bonds. The number of anilines is 1. The van der Waals surface area contributed by atoms with Crippen molar-refractivity contribution in [1.29, 1.82) is 0 Å². The minimum Gasteiger partial charge on any atom is -0.497 e. The number of benzene rings is 2. The molecule has 0 radical (unpaired) electrons. The fourth-order valence-corrected chi connectivity index (χ4v) is 3.25. The third kappa shape index (κ3) is 4.03. The van der Waals surface area contributed by atoms with Gasteiger partial charge in [-0.2, -0.15) is 0 Å². The van der Waals surface area contributed by atoms with Crippen LogP contribution in [0.1, 0.15) is 42.1 Å². The van der Waals surface area contributed by atoms with Gasteiger partial charge < -0.3 is 18.8 Å². The Bertz CT molecular complexity index is 1060. The highest BCUT2D eigenvalue weighted by atomic mass is 16.6. The molecule has 0 bridgehead atoms. The second-order valence-corrected chi connectivity index (χ2v) is 6.92. The molecule has 2 aromatic carbocycles. The average Bonchev–Trinajstić information content (AvgIpc) is 3.43. The number of methoxy groups -OCH3 is 1. The number of carbonyl (C=O) groups excluding carboxylic acids is 2. The first-order valence-electron chi connectivity index (χ1n) is 9.64. The van der Waals surface area contributed by atoms with Crippen molar-refractivity contribution in [3.63, 3.8) is 0 Å². The van der Waals surface area contributed by atoms with Crippen LogP contribution < -0.4 is 9.64 Å². The van der Waals surface area contributed by atoms with E-state index in [0.717, 1.165) is 17.7 Å². The van der Waals surface area contributed by atoms with Gasteiger partial charge in [0.15, 0.2) is 6.10 Å². The topological polar surface area (TPSA) is 94.8 Å². The second kappa shape index (κ2) is 8.36. The van der Waals surface area contributed by atoms with Crippen LogP contribution in [0.15, 0.2) is 52.9 Å². The molecule has 3 aromatic rings. The Morgan fingerprint density at radius 3 is 2.67 bits per heavy atom. The van der Waals surface area contributed by atoms with Crippen LogP contribution >= 0.6 is 0 Å². The number of hydrogen-bond acceptors (Lipinski definition) is 7. The van der Waals surface area contributed by atoms with E-state index in [2.05, 4.69) is 10.2 Å². The molecule has 2 heterocycles. The lowest BCUT2D eigenvalue weighted by molar-refractivity contribution is -0.117. The highest BCUT2D eigenvalue weighted by molar-refractivity contribution is 5.97. The summed E-state index contributed by atoms with van der Waals surface area (Å²) in [6.07, 6.45) is 0.617. The SMILES string of the molecule is COc1ccc(-c2nnc([C@H](C)OC(=O)c3cccc(N4CCCC4=O)c3)o2)cc1. The van der Waals surface area contributed by atoms with Crippen LogP contribution in [0, 0.1) is 0 Å². The molecule has 0 aliphatic carbocycles. The van der Waals surface area contributed by atoms with Crippen molar-refractivity contribution in [1.82, 2.24) is 10.2 Å². The summed E-state index contributed by atoms with van der Waals surface area (Å²) in [5, 5.41) is 8.02. The van der Waals surface area contributed by atoms with Gasteiger partial charge in [-0.15, -0.1) is 10.2 Å². The maximum Gasteiger partial charge on any atom is 0.338 e. The van der Waals surface area contributed by atoms with E-state index < -0.39 is 12.1 Å². The lowest BCUT2D eigenvalue weighted by atomic mass is 10.2. The molecule has 0 spiro atoms. The summed E-state index contributed by atoms with van der Waals surface area (Å²) < 4.78 is 16.3. The van der Waals surface area contributed by atoms with Gasteiger partial charge in [0.05, 0.1) is 12.7 Å². The first-order chi connectivity index (χ1) is 14.5. The minimum absolute atomic E-state index is 0.0609. The molecule has 1 aromatic heterocycles. The Morgan fingerprint density at radius 2 is 1.97 bits per heavy atom. The van der Waals surface area contributed by atoms with Crippen LogP contribution in [0.5, 0.6) is 5.75 Å². The van der Waals surface area contributed by atoms with Crippen molar-refractivity contribution in [3.05, 3.63) is 60.0 Å². The predicted octanol–water partition coefficient (Wildman–Crippen LogP) is 3.79. The first kappa shape index (κ1) is 19.6. The number of rotatable bonds is 6. The number of carbonyl (C=O) groups is 2. The normalized spacial score (nSPS) is 14.6. The van der Waals surface area contributed by atoms with E-state index in [0.29, 0.717) is 30.1 Å². The number of ether oxygens (including phenoxy) is 2. The molecule has 8 heteroatoms. The van der Waals surface area contributed by atoms with Gasteiger partial charge >= 0.3 is 5.97 Å². The van der Waals surface area contributed by atoms with Crippen molar-refractivity contribution in [2.75, 3.05) is 18.6 Å². The largest absolute Gasteiger partial charge is 0.497 e. The Kier molecular flexibility index (Phi) is 5.47. The van der Waals surface area contributed by atoms with Crippen LogP contribution in [0.3, 0.4) is 0 Å². The molecule has 1 saturated heterocycles. The van der Waals surface area contributed by atoms with Crippen LogP contribution in [0.25, 0.3) is 11.5 Å². The standard InChI is InChI=1S/C22H21N3O5/c1-14(20-23-24-21(30-20)15-8-10-18(28-2)11-9-15)29-22(27)16-5-3-6-17(13-16)25-12-4-7-19(25)26/h3,5-6,8-11,13-14H,4,7,12H2,1-2H3/t14-/m0/s1. The molecule has 4 rings (SSSR count). The molecule has 8 nitrogen and oxygen atoms in total. The lowest BCUT2D eigenvalue weighted by Gasteiger charge is -2.16. The molecule has 0 N–H and O–H groups in total. The number of aromatic nitrogens is 2. The summed E-state index contributed by atoms with van der Waals surface area (Å²) in [5.74, 6) is 0.773. The van der Waals surface area contributed by atoms with Gasteiger partial charge in [0.2, 0.25) is 11.8 Å². The molecule has 1 fully saturated rings. The van der Waals surface area contributed by atoms with Crippen LogP contribution in [0.4, 0.5) is 5.69 Å². The summed E-state index contributed by atoms with van der Waals surface area (Å²) in [4.78, 5) is 26.2. The van der Waals surface area contributed by atoms with Gasteiger partial charge in [0.25, 0.3) is 5.89 Å². The Morgan fingerprint density at radius 1 is 1.17 bits per heavy atom. The first-order valence-corrected chi connectivity index (χ1v) is 9.64. The van der Waals surface area contributed by atoms with Gasteiger partial charge in [-0.1, -0.05) is 6.07 Å². The molecule has 0 saturated carbocycles. The Balaban J connectivity index is 1.45. The zero-order valence-corrected chi connectivity index (χ0v) is 16.7. The molecular weight excluding hydrogens is 386 g/mol. The van der Waals surface area contributed by atoms with Crippen molar-refractivity contribution >= 4 is 17.6 Å². The number of esters is 1. The minimum atomic E-state index is -0.728.